The molecule has 0 aliphatic rings. The molecule has 0 fully saturated rings. The Morgan fingerprint density at radius 1 is 1.30 bits per heavy atom. The molecule has 1 aromatic carbocycles. The minimum absolute atomic E-state index is 0. The Bertz CT molecular complexity index is 203. The van der Waals surface area contributed by atoms with Gasteiger partial charge < -0.3 is 2.96 Å². The minimum Gasteiger partial charge on any atom is -0.475 e. The van der Waals surface area contributed by atoms with Gasteiger partial charge in [-0.2, -0.15) is 0 Å². The molecule has 0 unspecified atom stereocenters. The Morgan fingerprint density at radius 3 is 2.30 bits per heavy atom. The molecule has 0 amide bonds. The highest BCUT2D eigenvalue weighted by Crippen LogP contribution is 1.91. The quantitative estimate of drug-likeness (QED) is 0.627. The molecule has 0 radical (unpaired) electrons. The molecule has 1 rings (SSSR count). The third-order valence-electron chi connectivity index (χ3n) is 1.41. The number of halogens is 2. The summed E-state index contributed by atoms with van der Waals surface area (Å²) < 4.78 is 13.1. The summed E-state index contributed by atoms with van der Waals surface area (Å²) in [6.45, 7) is 1.95. The zero-order chi connectivity index (χ0) is 6.69. The molecule has 0 heterocycles. The van der Waals surface area contributed by atoms with Gasteiger partial charge >= 0.3 is 20.9 Å². The van der Waals surface area contributed by atoms with Gasteiger partial charge in [0.25, 0.3) is 0 Å². The van der Waals surface area contributed by atoms with Crippen LogP contribution in [0.4, 0.5) is 2.96 Å². The molecule has 52 valence electrons. The monoisotopic (exact) mass is 214 g/mol. The van der Waals surface area contributed by atoms with Gasteiger partial charge in [-0.15, -0.1) is 20.7 Å². The summed E-state index contributed by atoms with van der Waals surface area (Å²) in [5.74, 6) is 0. The van der Waals surface area contributed by atoms with Crippen molar-refractivity contribution in [1.82, 2.24) is 0 Å². The van der Waals surface area contributed by atoms with Crippen molar-refractivity contribution in [3.8, 4) is 0 Å². The van der Waals surface area contributed by atoms with Crippen LogP contribution >= 0.6 is 17.0 Å². The van der Waals surface area contributed by atoms with Gasteiger partial charge in [-0.25, -0.2) is 0 Å². The molecule has 0 nitrogen and oxygen atoms in total. The number of aryl methyl sites for hydroxylation is 1. The van der Waals surface area contributed by atoms with E-state index in [4.69, 9.17) is 0 Å². The van der Waals surface area contributed by atoms with Crippen molar-refractivity contribution in [1.29, 1.82) is 0 Å². The fourth-order valence-corrected chi connectivity index (χ4v) is 1.31. The number of hydrogen-bond acceptors (Lipinski definition) is 0. The Labute approximate surface area is 81.1 Å². The van der Waals surface area contributed by atoms with Gasteiger partial charge in [-0.1, -0.05) is 29.8 Å². The van der Waals surface area contributed by atoms with Gasteiger partial charge in [-0.05, 0) is 6.92 Å². The molecule has 0 saturated carbocycles. The fourth-order valence-electron chi connectivity index (χ4n) is 0.760. The second-order valence-electron chi connectivity index (χ2n) is 2.06. The summed E-state index contributed by atoms with van der Waals surface area (Å²) in [5, 5.41) is 0. The van der Waals surface area contributed by atoms with Gasteiger partial charge in [0.15, 0.2) is 0 Å². The molecule has 1 aromatic rings. The number of rotatable bonds is 1. The molecule has 0 aliphatic heterocycles. The van der Waals surface area contributed by atoms with E-state index in [0.717, 1.165) is 9.26 Å². The zero-order valence-corrected chi connectivity index (χ0v) is 8.93. The first kappa shape index (κ1) is 10.4. The van der Waals surface area contributed by atoms with Crippen molar-refractivity contribution < 1.29 is 2.96 Å². The van der Waals surface area contributed by atoms with Crippen LogP contribution in [0, 0.1) is 6.92 Å². The maximum Gasteiger partial charge on any atom is 0.652 e. The molecule has 0 aromatic heterocycles. The highest BCUT2D eigenvalue weighted by atomic mass is 79.9. The SMILES string of the molecule is Br.Cc1cccc[c]1[Mg][F]. The molecule has 0 saturated heterocycles. The van der Waals surface area contributed by atoms with Crippen molar-refractivity contribution in [2.24, 2.45) is 0 Å². The Hall–Kier alpha value is 0.396. The van der Waals surface area contributed by atoms with Crippen LogP contribution in [0.3, 0.4) is 0 Å². The van der Waals surface area contributed by atoms with E-state index in [2.05, 4.69) is 0 Å². The van der Waals surface area contributed by atoms with Crippen molar-refractivity contribution in [3.63, 3.8) is 0 Å². The largest absolute Gasteiger partial charge is 0.652 e. The minimum atomic E-state index is -1.44. The molecule has 0 bridgehead atoms. The van der Waals surface area contributed by atoms with Crippen LogP contribution in [0.15, 0.2) is 24.3 Å². The van der Waals surface area contributed by atoms with Crippen LogP contribution in [0.1, 0.15) is 5.56 Å². The van der Waals surface area contributed by atoms with Crippen molar-refractivity contribution in [2.75, 3.05) is 0 Å². The predicted octanol–water partition coefficient (Wildman–Crippen LogP) is 1.79. The van der Waals surface area contributed by atoms with E-state index < -0.39 is 20.9 Å². The maximum atomic E-state index is 12.1. The summed E-state index contributed by atoms with van der Waals surface area (Å²) in [6, 6.07) is 7.63. The molecule has 0 atom stereocenters. The van der Waals surface area contributed by atoms with Crippen molar-refractivity contribution in [3.05, 3.63) is 29.8 Å². The highest BCUT2D eigenvalue weighted by Gasteiger charge is 1.99. The Balaban J connectivity index is 0.000000810. The second kappa shape index (κ2) is 5.10. The van der Waals surface area contributed by atoms with Crippen LogP contribution in [0.5, 0.6) is 0 Å². The first-order valence-corrected chi connectivity index (χ1v) is 4.19. The summed E-state index contributed by atoms with van der Waals surface area (Å²) in [4.78, 5) is 0. The normalized spacial score (nSPS) is 7.80. The fraction of sp³-hybridized carbons (Fsp3) is 0.143. The van der Waals surface area contributed by atoms with Gasteiger partial charge in [0.2, 0.25) is 0 Å². The van der Waals surface area contributed by atoms with Gasteiger partial charge in [0, 0.05) is 0 Å². The van der Waals surface area contributed by atoms with Crippen LogP contribution in [-0.4, -0.2) is 20.9 Å². The van der Waals surface area contributed by atoms with E-state index in [9.17, 15) is 2.96 Å². The van der Waals surface area contributed by atoms with Crippen LogP contribution in [0.2, 0.25) is 0 Å². The lowest BCUT2D eigenvalue weighted by molar-refractivity contribution is 0.884. The van der Waals surface area contributed by atoms with Crippen molar-refractivity contribution >= 4 is 41.6 Å². The third-order valence-corrected chi connectivity index (χ3v) is 2.49. The van der Waals surface area contributed by atoms with E-state index in [-0.39, 0.29) is 17.0 Å². The van der Waals surface area contributed by atoms with E-state index in [1.807, 2.05) is 31.2 Å². The summed E-state index contributed by atoms with van der Waals surface area (Å²) in [7, 11) is 0. The van der Waals surface area contributed by atoms with Gasteiger partial charge in [0.1, 0.15) is 0 Å². The first-order valence-electron chi connectivity index (χ1n) is 2.95. The molecule has 0 aliphatic carbocycles. The van der Waals surface area contributed by atoms with E-state index in [0.29, 0.717) is 0 Å². The highest BCUT2D eigenvalue weighted by molar-refractivity contribution is 8.93. The third kappa shape index (κ3) is 2.56. The van der Waals surface area contributed by atoms with Gasteiger partial charge in [0.05, 0.1) is 0 Å². The van der Waals surface area contributed by atoms with Crippen LogP contribution in [-0.2, 0) is 0 Å². The molecule has 3 heteroatoms. The Morgan fingerprint density at radius 2 is 1.90 bits per heavy atom. The maximum absolute atomic E-state index is 12.1. The Kier molecular flexibility index (Phi) is 5.30. The molecular formula is C7H8BrFMg. The standard InChI is InChI=1S/C7H7.BrH.FH.Mg/c1-7-5-3-2-4-6-7;;;/h2-5H,1H3;2*1H;/q;;;+1/p-1. The lowest BCUT2D eigenvalue weighted by Gasteiger charge is -1.96. The summed E-state index contributed by atoms with van der Waals surface area (Å²) in [6.07, 6.45) is 0. The zero-order valence-electron chi connectivity index (χ0n) is 5.80. The average Bonchev–Trinajstić information content (AvgIpc) is 1.89. The van der Waals surface area contributed by atoms with E-state index in [1.165, 1.54) is 0 Å². The molecule has 0 spiro atoms. The summed E-state index contributed by atoms with van der Waals surface area (Å²) in [5.41, 5.74) is 1.09. The topological polar surface area (TPSA) is 0 Å². The molecular weight excluding hydrogens is 207 g/mol. The molecule has 0 N–H and O–H groups in total. The van der Waals surface area contributed by atoms with E-state index in [1.54, 1.807) is 0 Å². The molecule has 10 heavy (non-hydrogen) atoms. The smallest absolute Gasteiger partial charge is 0.475 e. The average molecular weight is 215 g/mol. The number of hydrogen-bond donors (Lipinski definition) is 0. The number of benzene rings is 1. The lowest BCUT2D eigenvalue weighted by Crippen LogP contribution is -2.12. The van der Waals surface area contributed by atoms with E-state index >= 15 is 0 Å². The second-order valence-corrected chi connectivity index (χ2v) is 3.09. The van der Waals surface area contributed by atoms with Crippen LogP contribution < -0.4 is 3.69 Å². The van der Waals surface area contributed by atoms with Crippen LogP contribution in [0.25, 0.3) is 0 Å². The van der Waals surface area contributed by atoms with Crippen molar-refractivity contribution in [2.45, 2.75) is 6.92 Å². The predicted molar refractivity (Wildman–Crippen MR) is 48.0 cm³/mol. The first-order chi connectivity index (χ1) is 4.34. The lowest BCUT2D eigenvalue weighted by atomic mass is 10.2. The summed E-state index contributed by atoms with van der Waals surface area (Å²) >= 11 is -1.44. The van der Waals surface area contributed by atoms with Gasteiger partial charge in [-0.3, -0.25) is 0 Å².